The van der Waals surface area contributed by atoms with Crippen molar-refractivity contribution in [1.29, 1.82) is 0 Å². The van der Waals surface area contributed by atoms with E-state index in [1.807, 2.05) is 66.7 Å². The van der Waals surface area contributed by atoms with Gasteiger partial charge in [0.15, 0.2) is 4.80 Å². The average molecular weight is 685 g/mol. The monoisotopic (exact) mass is 684 g/mol. The molecule has 0 N–H and O–H groups in total. The van der Waals surface area contributed by atoms with E-state index >= 15 is 0 Å². The van der Waals surface area contributed by atoms with E-state index in [0.29, 0.717) is 55.6 Å². The summed E-state index contributed by atoms with van der Waals surface area (Å²) in [5.74, 6) is 0.564. The van der Waals surface area contributed by atoms with Crippen molar-refractivity contribution >= 4 is 45.8 Å². The molecule has 3 heterocycles. The maximum Gasteiger partial charge on any atom is 0.338 e. The molecule has 0 amide bonds. The molecule has 0 saturated carbocycles. The fraction of sp³-hybridized carbons (Fsp3) is 0.150. The second kappa shape index (κ2) is 13.9. The summed E-state index contributed by atoms with van der Waals surface area (Å²) in [5, 5.41) is 1.75. The van der Waals surface area contributed by atoms with Gasteiger partial charge < -0.3 is 18.6 Å². The Labute approximate surface area is 291 Å². The highest BCUT2D eigenvalue weighted by molar-refractivity contribution is 7.07. The number of carbonyl (C=O) groups is 2. The predicted molar refractivity (Wildman–Crippen MR) is 192 cm³/mol. The molecular weight excluding hydrogens is 653 g/mol. The molecule has 0 unspecified atom stereocenters. The van der Waals surface area contributed by atoms with Crippen molar-refractivity contribution in [2.24, 2.45) is 4.99 Å². The standard InChI is InChI=1S/C40H32N2O7S/c1-4-47-38(44)27-17-15-25(16-18-27)30-22-20-28(49-30)23-32-37(43)42-36(33-29-14-10-9-11-24(29)19-21-31(33)46-3)34(39(45)48-5-2)35(41-40(42)50-32)26-12-7-6-8-13-26/h6-23,36H,4-5H2,1-3H3/b32-23-/t36-/m1/s1. The molecule has 7 rings (SSSR count). The lowest BCUT2D eigenvalue weighted by atomic mass is 9.89. The van der Waals surface area contributed by atoms with E-state index in [1.54, 1.807) is 68.0 Å². The molecule has 1 aliphatic heterocycles. The first-order chi connectivity index (χ1) is 24.4. The Morgan fingerprint density at radius 2 is 1.56 bits per heavy atom. The summed E-state index contributed by atoms with van der Waals surface area (Å²) in [6.07, 6.45) is 1.67. The molecule has 250 valence electrons. The molecule has 2 aromatic heterocycles. The number of benzene rings is 4. The van der Waals surface area contributed by atoms with E-state index in [-0.39, 0.29) is 17.7 Å². The van der Waals surface area contributed by atoms with Gasteiger partial charge in [-0.15, -0.1) is 0 Å². The van der Waals surface area contributed by atoms with Gasteiger partial charge in [-0.1, -0.05) is 84.1 Å². The molecule has 0 fully saturated rings. The van der Waals surface area contributed by atoms with Crippen LogP contribution in [0.25, 0.3) is 33.9 Å². The minimum absolute atomic E-state index is 0.139. The summed E-state index contributed by atoms with van der Waals surface area (Å²) in [7, 11) is 1.57. The van der Waals surface area contributed by atoms with E-state index in [0.717, 1.165) is 16.3 Å². The van der Waals surface area contributed by atoms with Gasteiger partial charge in [0.05, 0.1) is 41.7 Å². The molecule has 9 nitrogen and oxygen atoms in total. The zero-order valence-corrected chi connectivity index (χ0v) is 28.4. The topological polar surface area (TPSA) is 109 Å². The van der Waals surface area contributed by atoms with Crippen LogP contribution >= 0.6 is 11.3 Å². The quantitative estimate of drug-likeness (QED) is 0.159. The number of nitrogens with zero attached hydrogens (tertiary/aromatic N) is 2. The first-order valence-electron chi connectivity index (χ1n) is 16.1. The van der Waals surface area contributed by atoms with Crippen LogP contribution in [0.1, 0.15) is 47.1 Å². The summed E-state index contributed by atoms with van der Waals surface area (Å²) in [6.45, 7) is 3.94. The van der Waals surface area contributed by atoms with Gasteiger partial charge in [0.2, 0.25) is 0 Å². The van der Waals surface area contributed by atoms with Gasteiger partial charge in [0.25, 0.3) is 5.56 Å². The number of thiazole rings is 1. The summed E-state index contributed by atoms with van der Waals surface area (Å²) in [4.78, 5) is 46.0. The van der Waals surface area contributed by atoms with Crippen LogP contribution in [0.5, 0.6) is 5.75 Å². The molecule has 10 heteroatoms. The Morgan fingerprint density at radius 3 is 2.30 bits per heavy atom. The van der Waals surface area contributed by atoms with Gasteiger partial charge in [-0.2, -0.15) is 0 Å². The third-order valence-electron chi connectivity index (χ3n) is 8.38. The largest absolute Gasteiger partial charge is 0.496 e. The third-order valence-corrected chi connectivity index (χ3v) is 9.36. The van der Waals surface area contributed by atoms with Crippen LogP contribution in [-0.4, -0.2) is 36.8 Å². The Balaban J connectivity index is 1.43. The summed E-state index contributed by atoms with van der Waals surface area (Å²) < 4.78 is 24.7. The molecule has 6 aromatic rings. The molecule has 1 atom stereocenters. The lowest BCUT2D eigenvalue weighted by molar-refractivity contribution is -0.138. The maximum atomic E-state index is 14.5. The fourth-order valence-corrected chi connectivity index (χ4v) is 7.13. The molecule has 0 aliphatic carbocycles. The molecule has 1 aliphatic rings. The van der Waals surface area contributed by atoms with Gasteiger partial charge in [0, 0.05) is 22.8 Å². The Morgan fingerprint density at radius 1 is 0.840 bits per heavy atom. The van der Waals surface area contributed by atoms with Gasteiger partial charge >= 0.3 is 11.9 Å². The number of hydrogen-bond donors (Lipinski definition) is 0. The van der Waals surface area contributed by atoms with Crippen molar-refractivity contribution < 1.29 is 28.2 Å². The predicted octanol–water partition coefficient (Wildman–Crippen LogP) is 6.53. The highest BCUT2D eigenvalue weighted by Gasteiger charge is 2.37. The number of furan rings is 1. The van der Waals surface area contributed by atoms with Crippen LogP contribution in [-0.2, 0) is 14.3 Å². The Hall–Kier alpha value is -6.00. The number of rotatable bonds is 9. The van der Waals surface area contributed by atoms with Crippen LogP contribution < -0.4 is 19.6 Å². The van der Waals surface area contributed by atoms with Crippen LogP contribution in [0.3, 0.4) is 0 Å². The third kappa shape index (κ3) is 5.94. The number of carbonyl (C=O) groups excluding carboxylic acids is 2. The van der Waals surface area contributed by atoms with Gasteiger partial charge in [-0.05, 0) is 55.0 Å². The minimum atomic E-state index is -0.922. The molecule has 50 heavy (non-hydrogen) atoms. The first-order valence-corrected chi connectivity index (χ1v) is 16.9. The average Bonchev–Trinajstić information content (AvgIpc) is 3.74. The maximum absolute atomic E-state index is 14.5. The minimum Gasteiger partial charge on any atom is -0.496 e. The SMILES string of the molecule is CCOC(=O)C1=C(c2ccccc2)N=c2s/c(=C\c3ccc(-c4ccc(C(=O)OCC)cc4)o3)c(=O)n2[C@@H]1c1c(OC)ccc2ccccc12. The number of aromatic nitrogens is 1. The molecule has 4 aromatic carbocycles. The lowest BCUT2D eigenvalue weighted by Gasteiger charge is -2.28. The van der Waals surface area contributed by atoms with Crippen LogP contribution in [0.15, 0.2) is 123 Å². The van der Waals surface area contributed by atoms with Crippen molar-refractivity contribution in [3.63, 3.8) is 0 Å². The van der Waals surface area contributed by atoms with E-state index in [2.05, 4.69) is 0 Å². The highest BCUT2D eigenvalue weighted by Crippen LogP contribution is 2.42. The second-order valence-corrected chi connectivity index (χ2v) is 12.3. The van der Waals surface area contributed by atoms with E-state index in [9.17, 15) is 14.4 Å². The summed E-state index contributed by atoms with van der Waals surface area (Å²) >= 11 is 1.20. The van der Waals surface area contributed by atoms with E-state index in [4.69, 9.17) is 23.6 Å². The van der Waals surface area contributed by atoms with Crippen LogP contribution in [0.2, 0.25) is 0 Å². The molecule has 0 saturated heterocycles. The first kappa shape index (κ1) is 32.5. The Bertz CT molecular complexity index is 2460. The number of hydrogen-bond acceptors (Lipinski definition) is 9. The Kier molecular flexibility index (Phi) is 9.02. The molecule has 0 bridgehead atoms. The lowest BCUT2D eigenvalue weighted by Crippen LogP contribution is -2.40. The summed E-state index contributed by atoms with van der Waals surface area (Å²) in [5.41, 5.74) is 2.87. The van der Waals surface area contributed by atoms with Crippen molar-refractivity contribution in [3.8, 4) is 17.1 Å². The number of esters is 2. The number of fused-ring (bicyclic) bond motifs is 2. The van der Waals surface area contributed by atoms with Crippen molar-refractivity contribution in [1.82, 2.24) is 4.57 Å². The van der Waals surface area contributed by atoms with Crippen LogP contribution in [0.4, 0.5) is 0 Å². The molecule has 0 spiro atoms. The number of ether oxygens (including phenoxy) is 3. The van der Waals surface area contributed by atoms with Crippen molar-refractivity contribution in [3.05, 3.63) is 151 Å². The van der Waals surface area contributed by atoms with Gasteiger partial charge in [-0.25, -0.2) is 14.6 Å². The molecular formula is C40H32N2O7S. The highest BCUT2D eigenvalue weighted by atomic mass is 32.1. The molecule has 0 radical (unpaired) electrons. The zero-order valence-electron chi connectivity index (χ0n) is 27.5. The fourth-order valence-electron chi connectivity index (χ4n) is 6.15. The smallest absolute Gasteiger partial charge is 0.338 e. The van der Waals surface area contributed by atoms with E-state index in [1.165, 1.54) is 11.3 Å². The normalized spacial score (nSPS) is 14.3. The zero-order chi connectivity index (χ0) is 34.8. The van der Waals surface area contributed by atoms with Crippen molar-refractivity contribution in [2.75, 3.05) is 20.3 Å². The summed E-state index contributed by atoms with van der Waals surface area (Å²) in [6, 6.07) is 30.6. The van der Waals surface area contributed by atoms with Crippen LogP contribution in [0, 0.1) is 0 Å². The van der Waals surface area contributed by atoms with Crippen molar-refractivity contribution in [2.45, 2.75) is 19.9 Å². The second-order valence-electron chi connectivity index (χ2n) is 11.3. The van der Waals surface area contributed by atoms with E-state index < -0.39 is 18.0 Å². The number of methoxy groups -OCH3 is 1. The van der Waals surface area contributed by atoms with Gasteiger partial charge in [0.1, 0.15) is 23.3 Å². The van der Waals surface area contributed by atoms with Gasteiger partial charge in [-0.3, -0.25) is 9.36 Å².